The fraction of sp³-hybridized carbons (Fsp3) is 0. The van der Waals surface area contributed by atoms with E-state index < -0.39 is 0 Å². The predicted octanol–water partition coefficient (Wildman–Crippen LogP) is 1.06. The molecule has 20 heavy (non-hydrogen) atoms. The second-order valence-corrected chi connectivity index (χ2v) is 1.37. The van der Waals surface area contributed by atoms with Gasteiger partial charge in [-0.2, -0.15) is 0 Å². The van der Waals surface area contributed by atoms with Gasteiger partial charge in [0.05, 0.1) is 0 Å². The maximum Gasteiger partial charge on any atom is 5.00 e. The molecule has 0 bridgehead atoms. The first-order valence-corrected chi connectivity index (χ1v) is 3.47. The molecule has 2 radical (unpaired) electrons. The maximum absolute atomic E-state index is 7.50. The SMILES string of the molecule is [C-]#[O+].[C-]#[O+].[C-]#[O+].[C-]#[O+].[Fe+5].[Fe+5].[c-]1[c-][c-][cH-][c-]1.[c-]1[c-][c-][cH-][c-]1. The van der Waals surface area contributed by atoms with Gasteiger partial charge in [0.25, 0.3) is 0 Å². The minimum Gasteiger partial charge on any atom is -0.999 e. The summed E-state index contributed by atoms with van der Waals surface area (Å²) in [4.78, 5) is 0. The monoisotopic (exact) mass is 346 g/mol. The Hall–Kier alpha value is -1.30. The summed E-state index contributed by atoms with van der Waals surface area (Å²) in [6.45, 7) is 18.0. The normalized spacial score (nSPS) is 4.40. The van der Waals surface area contributed by atoms with Crippen LogP contribution in [0.15, 0.2) is 12.1 Å². The Balaban J connectivity index is -0.0000000311. The average molecular weight is 346 g/mol. The molecule has 0 aromatic heterocycles. The zero-order valence-electron chi connectivity index (χ0n) is 9.49. The van der Waals surface area contributed by atoms with Gasteiger partial charge < -0.3 is 60.7 Å². The van der Waals surface area contributed by atoms with Gasteiger partial charge in [-0.3, -0.25) is 0 Å². The quantitative estimate of drug-likeness (QED) is 0.389. The van der Waals surface area contributed by atoms with Crippen molar-refractivity contribution in [1.29, 1.82) is 0 Å². The average Bonchev–Trinajstić information content (AvgIpc) is 3.25. The van der Waals surface area contributed by atoms with Crippen LogP contribution in [0.5, 0.6) is 0 Å². The van der Waals surface area contributed by atoms with E-state index in [2.05, 4.69) is 75.1 Å². The van der Waals surface area contributed by atoms with Crippen molar-refractivity contribution in [3.05, 3.63) is 87.3 Å². The van der Waals surface area contributed by atoms with Gasteiger partial charge >= 0.3 is 79.3 Å². The Morgan fingerprint density at radius 3 is 0.650 bits per heavy atom. The summed E-state index contributed by atoms with van der Waals surface area (Å²) >= 11 is 0. The Labute approximate surface area is 140 Å². The molecule has 0 spiro atoms. The van der Waals surface area contributed by atoms with Gasteiger partial charge in [-0.05, 0) is 0 Å². The van der Waals surface area contributed by atoms with Crippen LogP contribution in [0.3, 0.4) is 0 Å². The van der Waals surface area contributed by atoms with Crippen LogP contribution in [0.25, 0.3) is 0 Å². The Bertz CT molecular complexity index is 274. The summed E-state index contributed by atoms with van der Waals surface area (Å²) < 4.78 is 30.0. The van der Waals surface area contributed by atoms with E-state index in [0.29, 0.717) is 0 Å². The second kappa shape index (κ2) is 65.2. The van der Waals surface area contributed by atoms with Crippen molar-refractivity contribution in [3.8, 4) is 0 Å². The smallest absolute Gasteiger partial charge is 0.999 e. The first kappa shape index (κ1) is 36.3. The van der Waals surface area contributed by atoms with Crippen molar-refractivity contribution >= 4 is 0 Å². The minimum absolute atomic E-state index is 0. The van der Waals surface area contributed by atoms with E-state index in [9.17, 15) is 0 Å². The predicted molar refractivity (Wildman–Crippen MR) is 50.5 cm³/mol. The molecular weight excluding hydrogens is 344 g/mol. The summed E-state index contributed by atoms with van der Waals surface area (Å²) in [6.07, 6.45) is 0. The molecule has 2 rings (SSSR count). The molecule has 0 unspecified atom stereocenters. The standard InChI is InChI=1S/2C5H.4CO.2Fe/c2*1-2-4-5-3-1;4*1-2;;/h2*1H;;;;;;/q2*-5;;;;;2*+5. The number of hydrogen-bond acceptors (Lipinski definition) is 0. The largest absolute Gasteiger partial charge is 5.00 e. The fourth-order valence-corrected chi connectivity index (χ4v) is 0.361. The fourth-order valence-electron chi connectivity index (χ4n) is 0.361. The van der Waals surface area contributed by atoms with Gasteiger partial charge in [0.1, 0.15) is 0 Å². The molecule has 0 aliphatic carbocycles. The molecule has 0 aliphatic rings. The Kier molecular flexibility index (Phi) is 118. The number of rotatable bonds is 0. The molecule has 0 heterocycles. The second-order valence-electron chi connectivity index (χ2n) is 1.37. The molecular formula is C14H2Fe2O4. The molecule has 98 valence electrons. The molecule has 0 atom stereocenters. The van der Waals surface area contributed by atoms with Crippen molar-refractivity contribution in [2.75, 3.05) is 0 Å². The van der Waals surface area contributed by atoms with Crippen LogP contribution in [-0.4, -0.2) is 0 Å². The van der Waals surface area contributed by atoms with Crippen LogP contribution in [0.1, 0.15) is 0 Å². The van der Waals surface area contributed by atoms with E-state index >= 15 is 0 Å². The van der Waals surface area contributed by atoms with Crippen LogP contribution in [-0.2, 0) is 52.7 Å². The van der Waals surface area contributed by atoms with Gasteiger partial charge in [-0.1, -0.05) is 0 Å². The summed E-state index contributed by atoms with van der Waals surface area (Å²) in [6, 6.07) is 24.0. The van der Waals surface area contributed by atoms with Crippen LogP contribution >= 0.6 is 0 Å². The molecule has 2 aromatic carbocycles. The van der Waals surface area contributed by atoms with Crippen molar-refractivity contribution in [1.82, 2.24) is 0 Å². The minimum atomic E-state index is 0. The first-order chi connectivity index (χ1) is 9.00. The van der Waals surface area contributed by atoms with Crippen LogP contribution in [0.4, 0.5) is 0 Å². The molecule has 0 fully saturated rings. The Morgan fingerprint density at radius 1 is 0.450 bits per heavy atom. The van der Waals surface area contributed by atoms with Crippen molar-refractivity contribution in [2.45, 2.75) is 0 Å². The van der Waals surface area contributed by atoms with Crippen LogP contribution in [0.2, 0.25) is 0 Å². The zero-order chi connectivity index (χ0) is 15.1. The maximum atomic E-state index is 7.50. The van der Waals surface area contributed by atoms with Crippen LogP contribution in [0, 0.1) is 75.1 Å². The third-order valence-electron chi connectivity index (χ3n) is 0.702. The van der Waals surface area contributed by atoms with E-state index in [-0.39, 0.29) is 34.1 Å². The summed E-state index contributed by atoms with van der Waals surface area (Å²) in [5.74, 6) is 0. The molecule has 2 aromatic rings. The van der Waals surface area contributed by atoms with Crippen molar-refractivity contribution in [2.24, 2.45) is 0 Å². The Morgan fingerprint density at radius 2 is 0.600 bits per heavy atom. The van der Waals surface area contributed by atoms with E-state index in [4.69, 9.17) is 18.6 Å². The summed E-state index contributed by atoms with van der Waals surface area (Å²) in [5, 5.41) is 0. The van der Waals surface area contributed by atoms with Crippen molar-refractivity contribution in [3.63, 3.8) is 0 Å². The van der Waals surface area contributed by atoms with E-state index in [1.165, 1.54) is 0 Å². The molecule has 6 heteroatoms. The van der Waals surface area contributed by atoms with Gasteiger partial charge in [-0.25, -0.2) is 0 Å². The first-order valence-electron chi connectivity index (χ1n) is 3.47. The summed E-state index contributed by atoms with van der Waals surface area (Å²) in [7, 11) is 0. The summed E-state index contributed by atoms with van der Waals surface area (Å²) in [5.41, 5.74) is 0. The van der Waals surface area contributed by atoms with Gasteiger partial charge in [0.2, 0.25) is 0 Å². The van der Waals surface area contributed by atoms with Crippen molar-refractivity contribution < 1.29 is 52.7 Å². The van der Waals surface area contributed by atoms with Gasteiger partial charge in [-0.15, -0.1) is 0 Å². The molecule has 0 saturated carbocycles. The molecule has 4 nitrogen and oxygen atoms in total. The van der Waals surface area contributed by atoms with E-state index in [1.54, 1.807) is 12.1 Å². The van der Waals surface area contributed by atoms with E-state index in [1.807, 2.05) is 0 Å². The third kappa shape index (κ3) is 54.4. The molecule has 0 aliphatic heterocycles. The molecule has 0 N–H and O–H groups in total. The number of hydrogen-bond donors (Lipinski definition) is 0. The van der Waals surface area contributed by atoms with Gasteiger partial charge in [0, 0.05) is 0 Å². The topological polar surface area (TPSA) is 79.6 Å². The molecule has 0 saturated heterocycles. The molecule has 0 amide bonds. The van der Waals surface area contributed by atoms with E-state index in [0.717, 1.165) is 0 Å². The zero-order valence-corrected chi connectivity index (χ0v) is 11.7. The van der Waals surface area contributed by atoms with Crippen LogP contribution < -0.4 is 0 Å². The third-order valence-corrected chi connectivity index (χ3v) is 0.702. The van der Waals surface area contributed by atoms with Gasteiger partial charge in [0.15, 0.2) is 0 Å².